The first-order valence-electron chi connectivity index (χ1n) is 6.24. The molecule has 5 nitrogen and oxygen atoms in total. The van der Waals surface area contributed by atoms with Crippen LogP contribution >= 0.6 is 0 Å². The molecule has 0 amide bonds. The summed E-state index contributed by atoms with van der Waals surface area (Å²) in [6.07, 6.45) is 4.66. The number of nitrogens with zero attached hydrogens (tertiary/aromatic N) is 1. The first-order valence-corrected chi connectivity index (χ1v) is 6.24. The van der Waals surface area contributed by atoms with Crippen LogP contribution in [0.5, 0.6) is 11.5 Å². The van der Waals surface area contributed by atoms with Crippen LogP contribution in [0.15, 0.2) is 30.6 Å². The molecule has 1 aliphatic rings. The number of Topliss-reactive ketones (excluding diaryl/α,β-unsaturated/α-hetero) is 1. The highest BCUT2D eigenvalue weighted by atomic mass is 16.5. The normalized spacial score (nSPS) is 13.8. The molecule has 0 aliphatic carbocycles. The molecule has 98 valence electrons. The lowest BCUT2D eigenvalue weighted by Gasteiger charge is -2.17. The number of hydrogen-bond donors (Lipinski definition) is 1. The third-order valence-corrected chi connectivity index (χ3v) is 3.00. The van der Waals surface area contributed by atoms with Crippen LogP contribution in [0.3, 0.4) is 0 Å². The Labute approximate surface area is 110 Å². The maximum absolute atomic E-state index is 11.6. The van der Waals surface area contributed by atoms with Crippen molar-refractivity contribution in [2.24, 2.45) is 0 Å². The van der Waals surface area contributed by atoms with Crippen LogP contribution < -0.4 is 9.47 Å². The number of imidazole rings is 1. The fourth-order valence-corrected chi connectivity index (χ4v) is 2.03. The molecule has 0 fully saturated rings. The summed E-state index contributed by atoms with van der Waals surface area (Å²) in [5.74, 6) is 2.35. The van der Waals surface area contributed by atoms with Gasteiger partial charge in [0, 0.05) is 31.3 Å². The molecular formula is C14H14N2O3. The molecule has 5 heteroatoms. The minimum Gasteiger partial charge on any atom is -0.493 e. The van der Waals surface area contributed by atoms with E-state index in [0.29, 0.717) is 43.1 Å². The number of carbonyl (C=O) groups is 1. The first-order chi connectivity index (χ1) is 9.33. The third-order valence-electron chi connectivity index (χ3n) is 3.00. The molecule has 2 heterocycles. The Kier molecular flexibility index (Phi) is 3.18. The molecule has 0 unspecified atom stereocenters. The molecule has 19 heavy (non-hydrogen) atoms. The van der Waals surface area contributed by atoms with Crippen molar-refractivity contribution in [1.82, 2.24) is 9.97 Å². The molecule has 1 aromatic carbocycles. The number of fused-ring (bicyclic) bond motifs is 1. The monoisotopic (exact) mass is 258 g/mol. The number of rotatable bonds is 4. The zero-order valence-electron chi connectivity index (χ0n) is 10.4. The van der Waals surface area contributed by atoms with E-state index in [1.54, 1.807) is 30.6 Å². The second kappa shape index (κ2) is 5.14. The molecule has 2 aromatic rings. The van der Waals surface area contributed by atoms with Gasteiger partial charge in [0.05, 0.1) is 18.8 Å². The largest absolute Gasteiger partial charge is 0.493 e. The second-order valence-electron chi connectivity index (χ2n) is 4.31. The SMILES string of the molecule is O=C1CCOc2cc(OCCc3ncc[nH]3)ccc21. The van der Waals surface area contributed by atoms with Gasteiger partial charge in [-0.05, 0) is 12.1 Å². The number of H-pyrrole nitrogens is 1. The highest BCUT2D eigenvalue weighted by Crippen LogP contribution is 2.29. The van der Waals surface area contributed by atoms with Crippen molar-refractivity contribution < 1.29 is 14.3 Å². The van der Waals surface area contributed by atoms with Crippen LogP contribution in [-0.2, 0) is 6.42 Å². The zero-order chi connectivity index (χ0) is 13.1. The number of aromatic nitrogens is 2. The summed E-state index contributed by atoms with van der Waals surface area (Å²) in [4.78, 5) is 18.8. The van der Waals surface area contributed by atoms with Gasteiger partial charge in [0.25, 0.3) is 0 Å². The molecule has 0 bridgehead atoms. The predicted octanol–water partition coefficient (Wildman–Crippen LogP) is 2.00. The van der Waals surface area contributed by atoms with Crippen molar-refractivity contribution in [1.29, 1.82) is 0 Å². The second-order valence-corrected chi connectivity index (χ2v) is 4.31. The summed E-state index contributed by atoms with van der Waals surface area (Å²) < 4.78 is 11.1. The minimum absolute atomic E-state index is 0.128. The summed E-state index contributed by atoms with van der Waals surface area (Å²) >= 11 is 0. The average molecular weight is 258 g/mol. The summed E-state index contributed by atoms with van der Waals surface area (Å²) in [6.45, 7) is 0.974. The van der Waals surface area contributed by atoms with E-state index in [4.69, 9.17) is 9.47 Å². The van der Waals surface area contributed by atoms with E-state index in [1.807, 2.05) is 0 Å². The van der Waals surface area contributed by atoms with Gasteiger partial charge in [-0.2, -0.15) is 0 Å². The lowest BCUT2D eigenvalue weighted by molar-refractivity contribution is 0.0933. The van der Waals surface area contributed by atoms with E-state index in [2.05, 4.69) is 9.97 Å². The Morgan fingerprint density at radius 3 is 3.21 bits per heavy atom. The standard InChI is InChI=1S/C14H14N2O3/c17-12-3-7-19-13-9-10(1-2-11(12)13)18-8-4-14-15-5-6-16-14/h1-2,5-6,9H,3-4,7-8H2,(H,15,16). The number of ketones is 1. The number of ether oxygens (including phenoxy) is 2. The molecule has 1 aromatic heterocycles. The fourth-order valence-electron chi connectivity index (χ4n) is 2.03. The number of aromatic amines is 1. The quantitative estimate of drug-likeness (QED) is 0.911. The fraction of sp³-hybridized carbons (Fsp3) is 0.286. The Hall–Kier alpha value is -2.30. The molecule has 1 N–H and O–H groups in total. The number of benzene rings is 1. The Morgan fingerprint density at radius 2 is 2.37 bits per heavy atom. The van der Waals surface area contributed by atoms with E-state index in [-0.39, 0.29) is 5.78 Å². The van der Waals surface area contributed by atoms with Gasteiger partial charge in [0.1, 0.15) is 17.3 Å². The van der Waals surface area contributed by atoms with Crippen molar-refractivity contribution in [2.75, 3.05) is 13.2 Å². The Balaban J connectivity index is 1.64. The highest BCUT2D eigenvalue weighted by Gasteiger charge is 2.18. The van der Waals surface area contributed by atoms with Crippen LogP contribution in [-0.4, -0.2) is 29.0 Å². The van der Waals surface area contributed by atoms with Crippen molar-refractivity contribution in [3.05, 3.63) is 42.0 Å². The summed E-state index contributed by atoms with van der Waals surface area (Å²) in [7, 11) is 0. The summed E-state index contributed by atoms with van der Waals surface area (Å²) in [5, 5.41) is 0. The van der Waals surface area contributed by atoms with E-state index in [1.165, 1.54) is 0 Å². The topological polar surface area (TPSA) is 64.2 Å². The van der Waals surface area contributed by atoms with Crippen molar-refractivity contribution in [2.45, 2.75) is 12.8 Å². The minimum atomic E-state index is 0.128. The van der Waals surface area contributed by atoms with Gasteiger partial charge in [-0.25, -0.2) is 4.98 Å². The smallest absolute Gasteiger partial charge is 0.169 e. The van der Waals surface area contributed by atoms with Crippen LogP contribution in [0.4, 0.5) is 0 Å². The number of hydrogen-bond acceptors (Lipinski definition) is 4. The van der Waals surface area contributed by atoms with Crippen molar-refractivity contribution in [3.63, 3.8) is 0 Å². The van der Waals surface area contributed by atoms with Crippen LogP contribution in [0.25, 0.3) is 0 Å². The third kappa shape index (κ3) is 2.59. The molecule has 0 saturated heterocycles. The molecule has 0 atom stereocenters. The first kappa shape index (κ1) is 11.8. The Morgan fingerprint density at radius 1 is 1.42 bits per heavy atom. The predicted molar refractivity (Wildman–Crippen MR) is 68.7 cm³/mol. The molecule has 1 aliphatic heterocycles. The number of nitrogens with one attached hydrogen (secondary N) is 1. The summed E-state index contributed by atoms with van der Waals surface area (Å²) in [5.41, 5.74) is 0.643. The lowest BCUT2D eigenvalue weighted by atomic mass is 10.1. The van der Waals surface area contributed by atoms with E-state index in [9.17, 15) is 4.79 Å². The van der Waals surface area contributed by atoms with Gasteiger partial charge in [-0.1, -0.05) is 0 Å². The van der Waals surface area contributed by atoms with Crippen LogP contribution in [0.1, 0.15) is 22.6 Å². The van der Waals surface area contributed by atoms with Gasteiger partial charge in [0.2, 0.25) is 0 Å². The van der Waals surface area contributed by atoms with Gasteiger partial charge < -0.3 is 14.5 Å². The van der Waals surface area contributed by atoms with Crippen molar-refractivity contribution >= 4 is 5.78 Å². The van der Waals surface area contributed by atoms with Gasteiger partial charge >= 0.3 is 0 Å². The van der Waals surface area contributed by atoms with E-state index < -0.39 is 0 Å². The molecule has 0 saturated carbocycles. The highest BCUT2D eigenvalue weighted by molar-refractivity contribution is 5.99. The molecule has 0 spiro atoms. The molecule has 0 radical (unpaired) electrons. The van der Waals surface area contributed by atoms with Gasteiger partial charge in [0.15, 0.2) is 5.78 Å². The van der Waals surface area contributed by atoms with Crippen LogP contribution in [0.2, 0.25) is 0 Å². The molecule has 3 rings (SSSR count). The van der Waals surface area contributed by atoms with E-state index >= 15 is 0 Å². The van der Waals surface area contributed by atoms with Gasteiger partial charge in [-0.15, -0.1) is 0 Å². The van der Waals surface area contributed by atoms with Gasteiger partial charge in [-0.3, -0.25) is 4.79 Å². The summed E-state index contributed by atoms with van der Waals surface area (Å²) in [6, 6.07) is 5.33. The van der Waals surface area contributed by atoms with E-state index in [0.717, 1.165) is 5.82 Å². The maximum Gasteiger partial charge on any atom is 0.169 e. The molecular weight excluding hydrogens is 244 g/mol. The average Bonchev–Trinajstić information content (AvgIpc) is 2.92. The lowest BCUT2D eigenvalue weighted by Crippen LogP contribution is -2.15. The number of carbonyl (C=O) groups excluding carboxylic acids is 1. The zero-order valence-corrected chi connectivity index (χ0v) is 10.4. The Bertz CT molecular complexity index is 578. The van der Waals surface area contributed by atoms with Crippen LogP contribution in [0, 0.1) is 0 Å². The maximum atomic E-state index is 11.6. The van der Waals surface area contributed by atoms with Crippen molar-refractivity contribution in [3.8, 4) is 11.5 Å².